The summed E-state index contributed by atoms with van der Waals surface area (Å²) in [6.07, 6.45) is 0. The summed E-state index contributed by atoms with van der Waals surface area (Å²) in [6.45, 7) is 32.4. The fraction of sp³-hybridized carbons (Fsp3) is 0.469. The molecule has 3 heteroatoms. The SMILES string of the molecule is CC.CC.[B][N+]1=C(C)c2c(C)c(C)c(C)c(C)c2/C1=C(\C)c1[nH]c(C)c2c(C)c(C)c(C)c(C)c12. The highest BCUT2D eigenvalue weighted by molar-refractivity contribution is 6.18. The standard InChI is InChI=1S/C28H34BN2.2C2H6/c1-12-14(3)18(7)25-23(16(12)5)21(10)30-27(25)20(9)28-26-19(8)15(4)13(2)17(6)24(26)22(11)31(28)29;2*1-2/h30H,1-11H3;2*1-2H3/q+1;;. The third kappa shape index (κ3) is 4.11. The zero-order valence-electron chi connectivity index (χ0n) is 25.0. The summed E-state index contributed by atoms with van der Waals surface area (Å²) in [5, 5.41) is 2.69. The largest absolute Gasteiger partial charge is 0.587 e. The van der Waals surface area contributed by atoms with Crippen LogP contribution in [0.3, 0.4) is 0 Å². The maximum absolute atomic E-state index is 6.75. The van der Waals surface area contributed by atoms with Crippen LogP contribution < -0.4 is 0 Å². The second-order valence-electron chi connectivity index (χ2n) is 9.55. The van der Waals surface area contributed by atoms with Gasteiger partial charge in [0.15, 0.2) is 11.4 Å². The van der Waals surface area contributed by atoms with Gasteiger partial charge >= 0.3 is 7.98 Å². The van der Waals surface area contributed by atoms with E-state index in [1.165, 1.54) is 83.4 Å². The van der Waals surface area contributed by atoms with E-state index in [-0.39, 0.29) is 0 Å². The molecule has 2 aromatic carbocycles. The van der Waals surface area contributed by atoms with Crippen molar-refractivity contribution in [2.45, 2.75) is 104 Å². The average Bonchev–Trinajstić information content (AvgIpc) is 3.35. The normalized spacial score (nSPS) is 13.9. The summed E-state index contributed by atoms with van der Waals surface area (Å²) >= 11 is 0. The number of allylic oxidation sites excluding steroid dienone is 1. The molecule has 3 aromatic rings. The van der Waals surface area contributed by atoms with E-state index >= 15 is 0 Å². The molecule has 2 heterocycles. The number of aromatic nitrogens is 1. The van der Waals surface area contributed by atoms with Gasteiger partial charge in [0.05, 0.1) is 16.8 Å². The quantitative estimate of drug-likeness (QED) is 0.343. The first kappa shape index (κ1) is 28.7. The summed E-state index contributed by atoms with van der Waals surface area (Å²) in [7, 11) is 6.75. The Morgan fingerprint density at radius 3 is 1.46 bits per heavy atom. The van der Waals surface area contributed by atoms with E-state index in [0.717, 1.165) is 11.4 Å². The Hall–Kier alpha value is -2.55. The molecule has 0 amide bonds. The Kier molecular flexibility index (Phi) is 8.69. The molecular formula is C32H46BN2+. The van der Waals surface area contributed by atoms with Gasteiger partial charge < -0.3 is 4.98 Å². The second kappa shape index (κ2) is 10.6. The molecule has 0 bridgehead atoms. The lowest BCUT2D eigenvalue weighted by Gasteiger charge is -2.16. The Morgan fingerprint density at radius 1 is 0.571 bits per heavy atom. The molecule has 186 valence electrons. The molecule has 2 nitrogen and oxygen atoms in total. The molecule has 0 saturated carbocycles. The molecule has 4 rings (SSSR count). The highest BCUT2D eigenvalue weighted by atomic mass is 15.0. The lowest BCUT2D eigenvalue weighted by molar-refractivity contribution is -0.252. The first-order valence-electron chi connectivity index (χ1n) is 13.2. The predicted molar refractivity (Wildman–Crippen MR) is 158 cm³/mol. The van der Waals surface area contributed by atoms with Crippen LogP contribution in [0.4, 0.5) is 0 Å². The average molecular weight is 470 g/mol. The zero-order valence-corrected chi connectivity index (χ0v) is 25.0. The van der Waals surface area contributed by atoms with Gasteiger partial charge in [0, 0.05) is 29.0 Å². The lowest BCUT2D eigenvalue weighted by atomic mass is 9.86. The van der Waals surface area contributed by atoms with Crippen molar-refractivity contribution in [2.24, 2.45) is 0 Å². The van der Waals surface area contributed by atoms with Crippen molar-refractivity contribution >= 4 is 35.7 Å². The number of nitrogens with zero attached hydrogens (tertiary/aromatic N) is 1. The van der Waals surface area contributed by atoms with Crippen LogP contribution in [-0.4, -0.2) is 23.2 Å². The number of benzene rings is 2. The maximum Gasteiger partial charge on any atom is 0.587 e. The van der Waals surface area contributed by atoms with E-state index in [1.807, 2.05) is 32.2 Å². The topological polar surface area (TPSA) is 18.8 Å². The molecular weight excluding hydrogens is 423 g/mol. The first-order chi connectivity index (χ1) is 16.4. The van der Waals surface area contributed by atoms with Gasteiger partial charge in [0.2, 0.25) is 0 Å². The molecule has 0 unspecified atom stereocenters. The molecule has 1 aliphatic rings. The molecule has 0 atom stereocenters. The summed E-state index contributed by atoms with van der Waals surface area (Å²) in [5.74, 6) is 0. The third-order valence-corrected chi connectivity index (χ3v) is 8.24. The third-order valence-electron chi connectivity index (χ3n) is 8.24. The van der Waals surface area contributed by atoms with Gasteiger partial charge in [0.25, 0.3) is 0 Å². The van der Waals surface area contributed by atoms with Gasteiger partial charge in [-0.1, -0.05) is 27.7 Å². The van der Waals surface area contributed by atoms with Crippen molar-refractivity contribution < 1.29 is 4.49 Å². The fourth-order valence-corrected chi connectivity index (χ4v) is 5.64. The fourth-order valence-electron chi connectivity index (χ4n) is 5.64. The van der Waals surface area contributed by atoms with Crippen LogP contribution in [0.1, 0.15) is 109 Å². The van der Waals surface area contributed by atoms with Crippen LogP contribution in [-0.2, 0) is 0 Å². The Balaban J connectivity index is 0.00000103. The van der Waals surface area contributed by atoms with E-state index in [0.29, 0.717) is 0 Å². The second-order valence-corrected chi connectivity index (χ2v) is 9.55. The summed E-state index contributed by atoms with van der Waals surface area (Å²) < 4.78 is 1.91. The van der Waals surface area contributed by atoms with Crippen molar-refractivity contribution in [3.05, 3.63) is 67.0 Å². The number of aromatic amines is 1. The monoisotopic (exact) mass is 469 g/mol. The van der Waals surface area contributed by atoms with Gasteiger partial charge in [-0.2, -0.15) is 0 Å². The van der Waals surface area contributed by atoms with Crippen molar-refractivity contribution in [1.29, 1.82) is 0 Å². The van der Waals surface area contributed by atoms with Crippen LogP contribution in [0.25, 0.3) is 22.0 Å². The highest BCUT2D eigenvalue weighted by Gasteiger charge is 2.36. The van der Waals surface area contributed by atoms with E-state index in [9.17, 15) is 0 Å². The molecule has 0 aliphatic carbocycles. The number of H-pyrrole nitrogens is 1. The molecule has 35 heavy (non-hydrogen) atoms. The van der Waals surface area contributed by atoms with Crippen molar-refractivity contribution in [2.75, 3.05) is 0 Å². The summed E-state index contributed by atoms with van der Waals surface area (Å²) in [5.41, 5.74) is 19.3. The number of fused-ring (bicyclic) bond motifs is 2. The van der Waals surface area contributed by atoms with Crippen LogP contribution in [0.2, 0.25) is 0 Å². The van der Waals surface area contributed by atoms with E-state index in [2.05, 4.69) is 81.1 Å². The van der Waals surface area contributed by atoms with Crippen molar-refractivity contribution in [3.63, 3.8) is 0 Å². The van der Waals surface area contributed by atoms with E-state index in [1.54, 1.807) is 0 Å². The number of rotatable bonds is 1. The molecule has 1 aliphatic heterocycles. The molecule has 0 fully saturated rings. The van der Waals surface area contributed by atoms with E-state index < -0.39 is 0 Å². The van der Waals surface area contributed by atoms with Crippen LogP contribution in [0, 0.1) is 62.3 Å². The smallest absolute Gasteiger partial charge is 0.358 e. The molecule has 0 saturated heterocycles. The van der Waals surface area contributed by atoms with Gasteiger partial charge in [-0.05, 0) is 114 Å². The number of aryl methyl sites for hydroxylation is 3. The van der Waals surface area contributed by atoms with Crippen LogP contribution >= 0.6 is 0 Å². The minimum atomic E-state index is 1.12. The summed E-state index contributed by atoms with van der Waals surface area (Å²) in [4.78, 5) is 3.74. The first-order valence-corrected chi connectivity index (χ1v) is 13.2. The van der Waals surface area contributed by atoms with Crippen molar-refractivity contribution in [1.82, 2.24) is 4.98 Å². The predicted octanol–water partition coefficient (Wildman–Crippen LogP) is 8.80. The minimum absolute atomic E-state index is 1.12. The van der Waals surface area contributed by atoms with Crippen LogP contribution in [0.15, 0.2) is 0 Å². The lowest BCUT2D eigenvalue weighted by Crippen LogP contribution is -2.09. The minimum Gasteiger partial charge on any atom is -0.358 e. The number of nitrogens with one attached hydrogen (secondary N) is 1. The maximum atomic E-state index is 6.75. The molecule has 0 spiro atoms. The van der Waals surface area contributed by atoms with Crippen LogP contribution in [0.5, 0.6) is 0 Å². The Morgan fingerprint density at radius 2 is 0.971 bits per heavy atom. The molecule has 2 radical (unpaired) electrons. The number of hydrogen-bond acceptors (Lipinski definition) is 0. The van der Waals surface area contributed by atoms with Crippen molar-refractivity contribution in [3.8, 4) is 0 Å². The zero-order chi connectivity index (χ0) is 27.1. The van der Waals surface area contributed by atoms with Gasteiger partial charge in [-0.3, -0.25) is 4.49 Å². The summed E-state index contributed by atoms with van der Waals surface area (Å²) in [6, 6.07) is 0. The highest BCUT2D eigenvalue weighted by Crippen LogP contribution is 2.43. The Bertz CT molecular complexity index is 1380. The van der Waals surface area contributed by atoms with Gasteiger partial charge in [0.1, 0.15) is 0 Å². The van der Waals surface area contributed by atoms with E-state index in [4.69, 9.17) is 7.98 Å². The van der Waals surface area contributed by atoms with Gasteiger partial charge in [-0.25, -0.2) is 0 Å². The molecule has 1 N–H and O–H groups in total. The molecule has 1 aromatic heterocycles. The number of hydrogen-bond donors (Lipinski definition) is 1. The van der Waals surface area contributed by atoms with Gasteiger partial charge in [-0.15, -0.1) is 0 Å². The Labute approximate surface area is 216 Å².